The number of rotatable bonds is 6. The highest BCUT2D eigenvalue weighted by atomic mass is 32.2. The van der Waals surface area contributed by atoms with E-state index in [-0.39, 0.29) is 0 Å². The van der Waals surface area contributed by atoms with Crippen molar-refractivity contribution in [2.45, 2.75) is 26.8 Å². The van der Waals surface area contributed by atoms with Crippen LogP contribution in [0.5, 0.6) is 0 Å². The van der Waals surface area contributed by atoms with E-state index in [0.717, 1.165) is 27.3 Å². The highest BCUT2D eigenvalue weighted by Crippen LogP contribution is 2.27. The van der Waals surface area contributed by atoms with Gasteiger partial charge in [0, 0.05) is 5.56 Å². The molecular weight excluding hydrogens is 408 g/mol. The van der Waals surface area contributed by atoms with Crippen molar-refractivity contribution in [2.24, 2.45) is 0 Å². The zero-order valence-electron chi connectivity index (χ0n) is 16.6. The second kappa shape index (κ2) is 8.30. The van der Waals surface area contributed by atoms with Crippen LogP contribution in [0.2, 0.25) is 0 Å². The summed E-state index contributed by atoms with van der Waals surface area (Å²) in [5.74, 6) is -0.482. The molecule has 1 amide bonds. The second-order valence-corrected chi connectivity index (χ2v) is 9.61. The first-order valence-corrected chi connectivity index (χ1v) is 11.6. The minimum absolute atomic E-state index is 0.314. The number of sulfonamides is 1. The van der Waals surface area contributed by atoms with Gasteiger partial charge in [0.1, 0.15) is 11.0 Å². The van der Waals surface area contributed by atoms with E-state index in [2.05, 4.69) is 15.5 Å². The predicted molar refractivity (Wildman–Crippen MR) is 117 cm³/mol. The molecule has 0 saturated carbocycles. The van der Waals surface area contributed by atoms with Crippen LogP contribution in [-0.4, -0.2) is 36.8 Å². The maximum atomic E-state index is 12.8. The molecule has 0 saturated heterocycles. The van der Waals surface area contributed by atoms with Crippen molar-refractivity contribution >= 4 is 38.1 Å². The highest BCUT2D eigenvalue weighted by Gasteiger charge is 2.30. The van der Waals surface area contributed by atoms with Gasteiger partial charge in [0.15, 0.2) is 0 Å². The summed E-state index contributed by atoms with van der Waals surface area (Å²) < 4.78 is 26.0. The lowest BCUT2D eigenvalue weighted by Gasteiger charge is -2.28. The molecule has 1 atom stereocenters. The first kappa shape index (κ1) is 20.9. The molecule has 3 rings (SSSR count). The second-order valence-electron chi connectivity index (χ2n) is 6.77. The van der Waals surface area contributed by atoms with Crippen LogP contribution in [0, 0.1) is 13.8 Å². The van der Waals surface area contributed by atoms with Gasteiger partial charge in [-0.15, -0.1) is 10.2 Å². The maximum absolute atomic E-state index is 12.8. The lowest BCUT2D eigenvalue weighted by atomic mass is 10.1. The van der Waals surface area contributed by atoms with Gasteiger partial charge >= 0.3 is 0 Å². The molecule has 3 aromatic rings. The normalized spacial score (nSPS) is 12.4. The van der Waals surface area contributed by atoms with Crippen LogP contribution in [0.4, 0.5) is 10.8 Å². The number of aromatic nitrogens is 2. The summed E-state index contributed by atoms with van der Waals surface area (Å²) in [6.45, 7) is 5.39. The first-order valence-electron chi connectivity index (χ1n) is 8.93. The number of nitrogens with one attached hydrogen (secondary N) is 1. The number of carbonyl (C=O) groups is 1. The molecule has 1 aromatic heterocycles. The minimum atomic E-state index is -3.68. The van der Waals surface area contributed by atoms with E-state index in [9.17, 15) is 13.2 Å². The Bertz CT molecular complexity index is 1130. The Labute approximate surface area is 174 Å². The van der Waals surface area contributed by atoms with Crippen LogP contribution in [0.1, 0.15) is 18.1 Å². The summed E-state index contributed by atoms with van der Waals surface area (Å²) in [4.78, 5) is 12.8. The Balaban J connectivity index is 1.83. The van der Waals surface area contributed by atoms with Gasteiger partial charge in [-0.2, -0.15) is 0 Å². The summed E-state index contributed by atoms with van der Waals surface area (Å²) in [5.41, 5.74) is 3.33. The number of carbonyl (C=O) groups excluding carboxylic acids is 1. The van der Waals surface area contributed by atoms with Gasteiger partial charge < -0.3 is 0 Å². The number of hydrogen-bond donors (Lipinski definition) is 1. The highest BCUT2D eigenvalue weighted by molar-refractivity contribution is 7.92. The molecule has 1 N–H and O–H groups in total. The monoisotopic (exact) mass is 430 g/mol. The molecule has 0 bridgehead atoms. The summed E-state index contributed by atoms with van der Waals surface area (Å²) in [6, 6.07) is 13.8. The van der Waals surface area contributed by atoms with Gasteiger partial charge in [0.25, 0.3) is 0 Å². The van der Waals surface area contributed by atoms with Crippen LogP contribution in [0.25, 0.3) is 10.6 Å². The lowest BCUT2D eigenvalue weighted by Crippen LogP contribution is -2.45. The first-order chi connectivity index (χ1) is 13.7. The van der Waals surface area contributed by atoms with Crippen molar-refractivity contribution in [3.63, 3.8) is 0 Å². The molecule has 1 heterocycles. The number of anilines is 2. The fourth-order valence-electron chi connectivity index (χ4n) is 2.85. The molecule has 152 valence electrons. The van der Waals surface area contributed by atoms with Gasteiger partial charge in [-0.3, -0.25) is 14.4 Å². The molecule has 29 heavy (non-hydrogen) atoms. The van der Waals surface area contributed by atoms with Crippen molar-refractivity contribution in [1.29, 1.82) is 0 Å². The number of benzene rings is 2. The molecule has 0 aliphatic carbocycles. The maximum Gasteiger partial charge on any atom is 0.249 e. The third-order valence-electron chi connectivity index (χ3n) is 4.51. The molecule has 0 fully saturated rings. The van der Waals surface area contributed by atoms with E-state index in [0.29, 0.717) is 15.8 Å². The number of hydrogen-bond acceptors (Lipinski definition) is 6. The van der Waals surface area contributed by atoms with Gasteiger partial charge in [0.2, 0.25) is 21.1 Å². The van der Waals surface area contributed by atoms with Gasteiger partial charge in [-0.25, -0.2) is 8.42 Å². The fourth-order valence-corrected chi connectivity index (χ4v) is 4.77. The van der Waals surface area contributed by atoms with E-state index in [4.69, 9.17) is 0 Å². The Morgan fingerprint density at radius 1 is 1.07 bits per heavy atom. The molecule has 7 nitrogen and oxygen atoms in total. The molecule has 0 spiro atoms. The van der Waals surface area contributed by atoms with Crippen LogP contribution in [-0.2, 0) is 14.8 Å². The SMILES string of the molecule is Cc1ccc(N([C@H](C)C(=O)Nc2nnc(-c3ccccc3)s2)S(C)(=O)=O)cc1C. The Morgan fingerprint density at radius 2 is 1.76 bits per heavy atom. The average molecular weight is 431 g/mol. The number of amides is 1. The van der Waals surface area contributed by atoms with Crippen molar-refractivity contribution in [2.75, 3.05) is 15.9 Å². The van der Waals surface area contributed by atoms with Crippen molar-refractivity contribution < 1.29 is 13.2 Å². The van der Waals surface area contributed by atoms with E-state index in [1.807, 2.05) is 50.2 Å². The minimum Gasteiger partial charge on any atom is -0.299 e. The Hall–Kier alpha value is -2.78. The molecule has 9 heteroatoms. The zero-order valence-corrected chi connectivity index (χ0v) is 18.2. The molecule has 0 unspecified atom stereocenters. The third-order valence-corrected chi connectivity index (χ3v) is 6.64. The van der Waals surface area contributed by atoms with Crippen molar-refractivity contribution in [3.8, 4) is 10.6 Å². The van der Waals surface area contributed by atoms with E-state index in [1.165, 1.54) is 11.3 Å². The van der Waals surface area contributed by atoms with Crippen molar-refractivity contribution in [3.05, 3.63) is 59.7 Å². The fraction of sp³-hybridized carbons (Fsp3) is 0.250. The van der Waals surface area contributed by atoms with E-state index < -0.39 is 22.0 Å². The Kier molecular flexibility index (Phi) is 5.99. The van der Waals surface area contributed by atoms with E-state index >= 15 is 0 Å². The van der Waals surface area contributed by atoms with E-state index in [1.54, 1.807) is 19.1 Å². The zero-order chi connectivity index (χ0) is 21.2. The van der Waals surface area contributed by atoms with Crippen LogP contribution in [0.3, 0.4) is 0 Å². The topological polar surface area (TPSA) is 92.3 Å². The van der Waals surface area contributed by atoms with Gasteiger partial charge in [-0.05, 0) is 44.0 Å². The lowest BCUT2D eigenvalue weighted by molar-refractivity contribution is -0.116. The van der Waals surface area contributed by atoms with Crippen molar-refractivity contribution in [1.82, 2.24) is 10.2 Å². The quantitative estimate of drug-likeness (QED) is 0.645. The standard InChI is InChI=1S/C20H22N4O3S2/c1-13-10-11-17(12-14(13)2)24(29(4,26)27)15(3)18(25)21-20-23-22-19(28-20)16-8-6-5-7-9-16/h5-12,15H,1-4H3,(H,21,23,25)/t15-/m1/s1. The molecule has 0 aliphatic rings. The molecular formula is C20H22N4O3S2. The average Bonchev–Trinajstić information content (AvgIpc) is 3.13. The number of nitrogens with zero attached hydrogens (tertiary/aromatic N) is 3. The van der Waals surface area contributed by atoms with Crippen LogP contribution < -0.4 is 9.62 Å². The molecule has 0 radical (unpaired) electrons. The van der Waals surface area contributed by atoms with Crippen LogP contribution >= 0.6 is 11.3 Å². The Morgan fingerprint density at radius 3 is 2.38 bits per heavy atom. The smallest absolute Gasteiger partial charge is 0.249 e. The summed E-state index contributed by atoms with van der Waals surface area (Å²) in [5, 5.41) is 11.8. The van der Waals surface area contributed by atoms with Gasteiger partial charge in [-0.1, -0.05) is 47.7 Å². The number of aryl methyl sites for hydroxylation is 2. The summed E-state index contributed by atoms with van der Waals surface area (Å²) >= 11 is 1.23. The molecule has 0 aliphatic heterocycles. The summed E-state index contributed by atoms with van der Waals surface area (Å²) in [6.07, 6.45) is 1.09. The molecule has 2 aromatic carbocycles. The third kappa shape index (κ3) is 4.80. The largest absolute Gasteiger partial charge is 0.299 e. The van der Waals surface area contributed by atoms with Gasteiger partial charge in [0.05, 0.1) is 11.9 Å². The van der Waals surface area contributed by atoms with Crippen LogP contribution in [0.15, 0.2) is 48.5 Å². The summed E-state index contributed by atoms with van der Waals surface area (Å²) in [7, 11) is -3.68. The predicted octanol–water partition coefficient (Wildman–Crippen LogP) is 3.62.